The lowest BCUT2D eigenvalue weighted by Crippen LogP contribution is -1.87. The first kappa shape index (κ1) is 12.2. The largest absolute Gasteiger partial charge is 0.191 e. The summed E-state index contributed by atoms with van der Waals surface area (Å²) in [4.78, 5) is 0. The van der Waals surface area contributed by atoms with E-state index in [9.17, 15) is 0 Å². The molecule has 0 amide bonds. The molecule has 0 aliphatic rings. The molecule has 1 aromatic rings. The Morgan fingerprint density at radius 2 is 2.07 bits per heavy atom. The van der Waals surface area contributed by atoms with Crippen LogP contribution in [0.25, 0.3) is 0 Å². The van der Waals surface area contributed by atoms with Crippen LogP contribution in [0.15, 0.2) is 48.6 Å². The summed E-state index contributed by atoms with van der Waals surface area (Å²) in [6, 6.07) is 9.75. The molecule has 0 saturated carbocycles. The fraction of sp³-hybridized carbons (Fsp3) is 0. The van der Waals surface area contributed by atoms with Crippen molar-refractivity contribution in [1.82, 2.24) is 0 Å². The van der Waals surface area contributed by atoms with Gasteiger partial charge in [0.2, 0.25) is 0 Å². The SMILES string of the molecule is C=C(C#N)C=C[C+](Cl)c1ccc(I)cc1. The van der Waals surface area contributed by atoms with Gasteiger partial charge in [-0.05, 0) is 46.3 Å². The summed E-state index contributed by atoms with van der Waals surface area (Å²) in [7, 11) is 0. The highest BCUT2D eigenvalue weighted by atomic mass is 127. The van der Waals surface area contributed by atoms with E-state index in [0.717, 1.165) is 9.13 Å². The summed E-state index contributed by atoms with van der Waals surface area (Å²) in [6.45, 7) is 3.53. The topological polar surface area (TPSA) is 23.8 Å². The second-order valence-electron chi connectivity index (χ2n) is 2.83. The van der Waals surface area contributed by atoms with Crippen molar-refractivity contribution in [2.45, 2.75) is 0 Å². The Balaban J connectivity index is 2.74. The first-order chi connectivity index (χ1) is 7.13. The zero-order valence-electron chi connectivity index (χ0n) is 7.87. The van der Waals surface area contributed by atoms with Crippen molar-refractivity contribution in [3.63, 3.8) is 0 Å². The zero-order chi connectivity index (χ0) is 11.3. The first-order valence-corrected chi connectivity index (χ1v) is 5.64. The van der Waals surface area contributed by atoms with Gasteiger partial charge >= 0.3 is 0 Å². The van der Waals surface area contributed by atoms with Crippen LogP contribution in [0.4, 0.5) is 0 Å². The molecule has 1 aromatic carbocycles. The van der Waals surface area contributed by atoms with Crippen molar-refractivity contribution in [3.8, 4) is 6.07 Å². The molecule has 0 heterocycles. The van der Waals surface area contributed by atoms with Crippen molar-refractivity contribution < 1.29 is 0 Å². The summed E-state index contributed by atoms with van der Waals surface area (Å²) in [5, 5.41) is 9.10. The second-order valence-corrected chi connectivity index (χ2v) is 4.48. The van der Waals surface area contributed by atoms with Crippen LogP contribution in [-0.4, -0.2) is 0 Å². The van der Waals surface area contributed by atoms with E-state index in [4.69, 9.17) is 16.9 Å². The maximum absolute atomic E-state index is 8.50. The lowest BCUT2D eigenvalue weighted by Gasteiger charge is -1.95. The van der Waals surface area contributed by atoms with E-state index in [1.165, 1.54) is 0 Å². The third-order valence-electron chi connectivity index (χ3n) is 1.69. The third kappa shape index (κ3) is 3.98. The van der Waals surface area contributed by atoms with Gasteiger partial charge in [0.1, 0.15) is 17.0 Å². The van der Waals surface area contributed by atoms with Crippen LogP contribution in [0, 0.1) is 20.3 Å². The van der Waals surface area contributed by atoms with E-state index in [1.807, 2.05) is 30.3 Å². The van der Waals surface area contributed by atoms with E-state index in [0.29, 0.717) is 11.0 Å². The number of rotatable bonds is 3. The van der Waals surface area contributed by atoms with Gasteiger partial charge in [0.25, 0.3) is 0 Å². The van der Waals surface area contributed by atoms with E-state index < -0.39 is 0 Å². The third-order valence-corrected chi connectivity index (χ3v) is 2.76. The molecule has 0 aliphatic heterocycles. The Bertz CT molecular complexity index is 414. The molecule has 0 atom stereocenters. The molecule has 0 aliphatic carbocycles. The molecule has 0 N–H and O–H groups in total. The molecule has 0 spiro atoms. The lowest BCUT2D eigenvalue weighted by molar-refractivity contribution is 1.44. The molecular weight excluding hydrogens is 320 g/mol. The predicted molar refractivity (Wildman–Crippen MR) is 71.3 cm³/mol. The van der Waals surface area contributed by atoms with Gasteiger partial charge in [-0.3, -0.25) is 0 Å². The van der Waals surface area contributed by atoms with Gasteiger partial charge in [-0.15, -0.1) is 0 Å². The van der Waals surface area contributed by atoms with Gasteiger partial charge < -0.3 is 0 Å². The van der Waals surface area contributed by atoms with Crippen molar-refractivity contribution in [3.05, 3.63) is 63.1 Å². The quantitative estimate of drug-likeness (QED) is 0.355. The van der Waals surface area contributed by atoms with Gasteiger partial charge in [0.05, 0.1) is 5.57 Å². The number of halogens is 2. The monoisotopic (exact) mass is 328 g/mol. The molecule has 15 heavy (non-hydrogen) atoms. The molecule has 1 rings (SSSR count). The molecule has 3 heteroatoms. The van der Waals surface area contributed by atoms with Crippen LogP contribution in [0.5, 0.6) is 0 Å². The number of hydrogen-bond acceptors (Lipinski definition) is 1. The molecular formula is C12H8ClIN+. The van der Waals surface area contributed by atoms with Gasteiger partial charge in [-0.2, -0.15) is 5.26 Å². The molecule has 74 valence electrons. The van der Waals surface area contributed by atoms with Crippen LogP contribution in [-0.2, 0) is 0 Å². The van der Waals surface area contributed by atoms with Crippen molar-refractivity contribution in [2.24, 2.45) is 0 Å². The summed E-state index contributed by atoms with van der Waals surface area (Å²) < 4.78 is 1.16. The predicted octanol–water partition coefficient (Wildman–Crippen LogP) is 4.05. The summed E-state index contributed by atoms with van der Waals surface area (Å²) >= 11 is 8.27. The highest BCUT2D eigenvalue weighted by Crippen LogP contribution is 2.21. The fourth-order valence-corrected chi connectivity index (χ4v) is 1.46. The number of allylic oxidation sites excluding steroid dienone is 3. The minimum Gasteiger partial charge on any atom is -0.191 e. The molecule has 1 nitrogen and oxygen atoms in total. The summed E-state index contributed by atoms with van der Waals surface area (Å²) in [6.07, 6.45) is 3.27. The van der Waals surface area contributed by atoms with Gasteiger partial charge in [0, 0.05) is 27.9 Å². The Morgan fingerprint density at radius 3 is 2.60 bits per heavy atom. The van der Waals surface area contributed by atoms with Crippen molar-refractivity contribution in [2.75, 3.05) is 0 Å². The van der Waals surface area contributed by atoms with E-state index in [-0.39, 0.29) is 0 Å². The Kier molecular flexibility index (Phi) is 4.73. The highest BCUT2D eigenvalue weighted by molar-refractivity contribution is 14.1. The van der Waals surface area contributed by atoms with Crippen LogP contribution >= 0.6 is 34.2 Å². The van der Waals surface area contributed by atoms with Crippen LogP contribution in [0.3, 0.4) is 0 Å². The summed E-state index contributed by atoms with van der Waals surface area (Å²) in [5.74, 6) is 0. The Hall–Kier alpha value is -0.920. The fourth-order valence-electron chi connectivity index (χ4n) is 0.916. The number of benzene rings is 1. The normalized spacial score (nSPS) is 9.93. The standard InChI is InChI=1S/C12H8ClIN/c1-9(8-15)2-7-12(13)10-3-5-11(14)6-4-10/h2-7H,1H2/q+1. The first-order valence-electron chi connectivity index (χ1n) is 4.19. The average Bonchev–Trinajstić information content (AvgIpc) is 2.26. The van der Waals surface area contributed by atoms with E-state index in [2.05, 4.69) is 29.2 Å². The smallest absolute Gasteiger partial charge is 0.137 e. The van der Waals surface area contributed by atoms with Crippen LogP contribution in [0.2, 0.25) is 0 Å². The van der Waals surface area contributed by atoms with Crippen molar-refractivity contribution in [1.29, 1.82) is 5.26 Å². The maximum Gasteiger partial charge on any atom is 0.137 e. The lowest BCUT2D eigenvalue weighted by atomic mass is 10.1. The zero-order valence-corrected chi connectivity index (χ0v) is 10.8. The minimum absolute atomic E-state index is 0.388. The molecule has 0 unspecified atom stereocenters. The molecule has 0 radical (unpaired) electrons. The second kappa shape index (κ2) is 5.84. The number of nitriles is 1. The summed E-state index contributed by atoms with van der Waals surface area (Å²) in [5.41, 5.74) is 1.32. The maximum atomic E-state index is 8.50. The Morgan fingerprint density at radius 1 is 1.47 bits per heavy atom. The Labute approximate surface area is 108 Å². The minimum atomic E-state index is 0.388. The molecule has 0 aromatic heterocycles. The molecule has 0 saturated heterocycles. The number of nitrogens with zero attached hydrogens (tertiary/aromatic N) is 1. The van der Waals surface area contributed by atoms with Crippen LogP contribution in [0.1, 0.15) is 5.56 Å². The van der Waals surface area contributed by atoms with E-state index >= 15 is 0 Å². The number of hydrogen-bond donors (Lipinski definition) is 0. The van der Waals surface area contributed by atoms with Crippen LogP contribution < -0.4 is 0 Å². The van der Waals surface area contributed by atoms with Gasteiger partial charge in [0.15, 0.2) is 0 Å². The van der Waals surface area contributed by atoms with E-state index in [1.54, 1.807) is 12.2 Å². The molecule has 0 fully saturated rings. The van der Waals surface area contributed by atoms with Gasteiger partial charge in [-0.25, -0.2) is 0 Å². The van der Waals surface area contributed by atoms with Crippen molar-refractivity contribution >= 4 is 34.2 Å². The highest BCUT2D eigenvalue weighted by Gasteiger charge is 2.11. The van der Waals surface area contributed by atoms with Gasteiger partial charge in [-0.1, -0.05) is 6.58 Å². The average molecular weight is 329 g/mol. The molecule has 0 bridgehead atoms.